The zero-order valence-corrected chi connectivity index (χ0v) is 15.4. The summed E-state index contributed by atoms with van der Waals surface area (Å²) in [5.74, 6) is 3.73. The van der Waals surface area contributed by atoms with E-state index in [-0.39, 0.29) is 11.9 Å². The number of hydrogen-bond acceptors (Lipinski definition) is 5. The molecule has 0 aromatic carbocycles. The monoisotopic (exact) mass is 348 g/mol. The van der Waals surface area contributed by atoms with Gasteiger partial charge in [0, 0.05) is 12.3 Å². The van der Waals surface area contributed by atoms with Gasteiger partial charge in [0.2, 0.25) is 11.7 Å². The van der Waals surface area contributed by atoms with Crippen molar-refractivity contribution in [2.75, 3.05) is 5.75 Å². The van der Waals surface area contributed by atoms with Crippen LogP contribution in [-0.4, -0.2) is 31.2 Å². The Balaban J connectivity index is 1.90. The maximum absolute atomic E-state index is 12.3. The third-order valence-corrected chi connectivity index (χ3v) is 5.57. The second-order valence-electron chi connectivity index (χ2n) is 6.63. The zero-order valence-electron chi connectivity index (χ0n) is 14.6. The number of thioether (sulfide) groups is 1. The average molecular weight is 348 g/mol. The highest BCUT2D eigenvalue weighted by atomic mass is 32.2. The van der Waals surface area contributed by atoms with Crippen LogP contribution >= 0.6 is 11.8 Å². The fraction of sp³-hybridized carbons (Fsp3) is 0.588. The van der Waals surface area contributed by atoms with Crippen LogP contribution in [0.2, 0.25) is 0 Å². The molecule has 3 rings (SSSR count). The summed E-state index contributed by atoms with van der Waals surface area (Å²) < 4.78 is 7.17. The zero-order chi connectivity index (χ0) is 17.3. The number of amides is 1. The molecule has 0 aliphatic carbocycles. The second-order valence-corrected chi connectivity index (χ2v) is 8.27. The molecular formula is C17H24N4O2S. The molecule has 7 heteroatoms. The number of carbonyl (C=O) groups excluding carboxylic acids is 1. The normalized spacial score (nSPS) is 20.2. The molecule has 1 aliphatic rings. The Hall–Kier alpha value is -1.76. The topological polar surface area (TPSA) is 73.0 Å². The molecule has 0 saturated carbocycles. The molecule has 1 aliphatic heterocycles. The van der Waals surface area contributed by atoms with Gasteiger partial charge in [-0.15, -0.1) is 16.9 Å². The SMILES string of the molecule is CCCCn1nc(-c2ccc(C)o2)nc1C1CSC(C)(C)C(=O)N1. The van der Waals surface area contributed by atoms with Gasteiger partial charge in [0.25, 0.3) is 0 Å². The van der Waals surface area contributed by atoms with Gasteiger partial charge in [-0.1, -0.05) is 13.3 Å². The minimum atomic E-state index is -0.397. The van der Waals surface area contributed by atoms with Gasteiger partial charge < -0.3 is 9.73 Å². The van der Waals surface area contributed by atoms with Crippen LogP contribution in [0.4, 0.5) is 0 Å². The van der Waals surface area contributed by atoms with Crippen LogP contribution in [0.1, 0.15) is 51.2 Å². The smallest absolute Gasteiger partial charge is 0.236 e. The highest BCUT2D eigenvalue weighted by molar-refractivity contribution is 8.01. The van der Waals surface area contributed by atoms with Crippen LogP contribution in [0.15, 0.2) is 16.5 Å². The summed E-state index contributed by atoms with van der Waals surface area (Å²) in [5.41, 5.74) is 0. The number of carbonyl (C=O) groups is 1. The number of nitrogens with zero attached hydrogens (tertiary/aromatic N) is 3. The van der Waals surface area contributed by atoms with Crippen molar-refractivity contribution >= 4 is 17.7 Å². The molecule has 1 amide bonds. The van der Waals surface area contributed by atoms with Gasteiger partial charge in [-0.05, 0) is 39.3 Å². The predicted molar refractivity (Wildman–Crippen MR) is 94.8 cm³/mol. The third-order valence-electron chi connectivity index (χ3n) is 4.16. The first-order valence-corrected chi connectivity index (χ1v) is 9.35. The lowest BCUT2D eigenvalue weighted by atomic mass is 10.1. The molecule has 1 atom stereocenters. The quantitative estimate of drug-likeness (QED) is 0.897. The Morgan fingerprint density at radius 3 is 2.88 bits per heavy atom. The van der Waals surface area contributed by atoms with Gasteiger partial charge >= 0.3 is 0 Å². The molecule has 2 aromatic rings. The van der Waals surface area contributed by atoms with Crippen molar-refractivity contribution in [2.24, 2.45) is 0 Å². The second kappa shape index (κ2) is 6.63. The van der Waals surface area contributed by atoms with Crippen molar-refractivity contribution in [3.05, 3.63) is 23.7 Å². The number of aryl methyl sites for hydroxylation is 2. The van der Waals surface area contributed by atoms with Crippen molar-refractivity contribution in [1.82, 2.24) is 20.1 Å². The van der Waals surface area contributed by atoms with E-state index in [1.54, 1.807) is 11.8 Å². The van der Waals surface area contributed by atoms with Gasteiger partial charge in [-0.2, -0.15) is 0 Å². The lowest BCUT2D eigenvalue weighted by Gasteiger charge is -2.33. The first-order chi connectivity index (χ1) is 11.4. The van der Waals surface area contributed by atoms with E-state index in [4.69, 9.17) is 4.42 Å². The number of unbranched alkanes of at least 4 members (excludes halogenated alkanes) is 1. The van der Waals surface area contributed by atoms with Crippen molar-refractivity contribution in [3.8, 4) is 11.6 Å². The van der Waals surface area contributed by atoms with Gasteiger partial charge in [0.05, 0.1) is 10.8 Å². The lowest BCUT2D eigenvalue weighted by Crippen LogP contribution is -2.48. The van der Waals surface area contributed by atoms with E-state index in [0.717, 1.165) is 36.7 Å². The molecule has 3 heterocycles. The summed E-state index contributed by atoms with van der Waals surface area (Å²) in [4.78, 5) is 17.0. The fourth-order valence-electron chi connectivity index (χ4n) is 2.61. The minimum absolute atomic E-state index is 0.0455. The number of aromatic nitrogens is 3. The first kappa shape index (κ1) is 17.1. The van der Waals surface area contributed by atoms with E-state index in [2.05, 4.69) is 22.3 Å². The molecule has 1 N–H and O–H groups in total. The van der Waals surface area contributed by atoms with E-state index >= 15 is 0 Å². The Morgan fingerprint density at radius 2 is 2.25 bits per heavy atom. The Bertz CT molecular complexity index is 735. The summed E-state index contributed by atoms with van der Waals surface area (Å²) in [6.07, 6.45) is 2.10. The van der Waals surface area contributed by atoms with Gasteiger partial charge in [0.15, 0.2) is 11.6 Å². The predicted octanol–water partition coefficient (Wildman–Crippen LogP) is 3.33. The molecule has 0 bridgehead atoms. The first-order valence-electron chi connectivity index (χ1n) is 8.37. The number of rotatable bonds is 5. The Kier molecular flexibility index (Phi) is 4.71. The standard InChI is InChI=1S/C17H24N4O2S/c1-5-6-9-21-15(12-10-24-17(3,4)16(22)18-12)19-14(20-21)13-8-7-11(2)23-13/h7-8,12H,5-6,9-10H2,1-4H3,(H,18,22). The van der Waals surface area contributed by atoms with Crippen LogP contribution in [0.5, 0.6) is 0 Å². The van der Waals surface area contributed by atoms with Crippen molar-refractivity contribution < 1.29 is 9.21 Å². The third kappa shape index (κ3) is 3.36. The molecular weight excluding hydrogens is 324 g/mol. The molecule has 0 radical (unpaired) electrons. The van der Waals surface area contributed by atoms with E-state index in [9.17, 15) is 4.79 Å². The van der Waals surface area contributed by atoms with Gasteiger partial charge in [-0.3, -0.25) is 4.79 Å². The van der Waals surface area contributed by atoms with Gasteiger partial charge in [-0.25, -0.2) is 9.67 Å². The van der Waals surface area contributed by atoms with E-state index in [1.807, 2.05) is 37.6 Å². The largest absolute Gasteiger partial charge is 0.458 e. The lowest BCUT2D eigenvalue weighted by molar-refractivity contribution is -0.123. The summed E-state index contributed by atoms with van der Waals surface area (Å²) >= 11 is 1.66. The van der Waals surface area contributed by atoms with Crippen molar-refractivity contribution in [3.63, 3.8) is 0 Å². The summed E-state index contributed by atoms with van der Waals surface area (Å²) in [6, 6.07) is 3.67. The number of hydrogen-bond donors (Lipinski definition) is 1. The van der Waals surface area contributed by atoms with Crippen LogP contribution in [0.25, 0.3) is 11.6 Å². The van der Waals surface area contributed by atoms with Crippen LogP contribution in [0, 0.1) is 6.92 Å². The summed E-state index contributed by atoms with van der Waals surface area (Å²) in [6.45, 7) is 8.73. The highest BCUT2D eigenvalue weighted by Gasteiger charge is 2.37. The molecule has 0 spiro atoms. The maximum Gasteiger partial charge on any atom is 0.236 e. The van der Waals surface area contributed by atoms with Crippen molar-refractivity contribution in [1.29, 1.82) is 0 Å². The molecule has 2 aromatic heterocycles. The molecule has 1 fully saturated rings. The van der Waals surface area contributed by atoms with Crippen molar-refractivity contribution in [2.45, 2.75) is 57.9 Å². The van der Waals surface area contributed by atoms with Crippen LogP contribution in [0.3, 0.4) is 0 Å². The van der Waals surface area contributed by atoms with E-state index in [1.165, 1.54) is 0 Å². The minimum Gasteiger partial charge on any atom is -0.458 e. The molecule has 1 saturated heterocycles. The molecule has 1 unspecified atom stereocenters. The number of furan rings is 1. The molecule has 24 heavy (non-hydrogen) atoms. The summed E-state index contributed by atoms with van der Waals surface area (Å²) in [7, 11) is 0. The Labute approximate surface area is 146 Å². The summed E-state index contributed by atoms with van der Waals surface area (Å²) in [5, 5.41) is 7.72. The van der Waals surface area contributed by atoms with Gasteiger partial charge in [0.1, 0.15) is 5.76 Å². The average Bonchev–Trinajstić information content (AvgIpc) is 3.14. The Morgan fingerprint density at radius 1 is 1.46 bits per heavy atom. The molecule has 130 valence electrons. The van der Waals surface area contributed by atoms with Crippen LogP contribution < -0.4 is 5.32 Å². The maximum atomic E-state index is 12.3. The van der Waals surface area contributed by atoms with Crippen LogP contribution in [-0.2, 0) is 11.3 Å². The number of nitrogens with one attached hydrogen (secondary N) is 1. The molecule has 6 nitrogen and oxygen atoms in total. The van der Waals surface area contributed by atoms with E-state index in [0.29, 0.717) is 11.6 Å². The highest BCUT2D eigenvalue weighted by Crippen LogP contribution is 2.34. The fourth-order valence-corrected chi connectivity index (χ4v) is 3.62. The van der Waals surface area contributed by atoms with E-state index < -0.39 is 4.75 Å².